The topological polar surface area (TPSA) is 70.3 Å². The number of para-hydroxylation sites is 1. The number of anilines is 1. The van der Waals surface area contributed by atoms with Gasteiger partial charge in [-0.2, -0.15) is 5.10 Å². The Morgan fingerprint density at radius 1 is 1.21 bits per heavy atom. The standard InChI is InChI=1S/C13H17N3O.CH4O/c1-10-12(8-9-17)15-16(13(10)14-2)11-6-4-3-5-7-11;1-2/h3-7,14,17H,8-9H2,1-2H3;2H,1H3. The van der Waals surface area contributed by atoms with Crippen LogP contribution in [0.2, 0.25) is 0 Å². The van der Waals surface area contributed by atoms with Gasteiger partial charge >= 0.3 is 0 Å². The number of aliphatic hydroxyl groups excluding tert-OH is 2. The molecule has 0 spiro atoms. The fourth-order valence-electron chi connectivity index (χ4n) is 1.93. The Morgan fingerprint density at radius 2 is 1.84 bits per heavy atom. The summed E-state index contributed by atoms with van der Waals surface area (Å²) in [7, 11) is 2.88. The van der Waals surface area contributed by atoms with Crippen molar-refractivity contribution >= 4 is 5.82 Å². The molecule has 0 unspecified atom stereocenters. The van der Waals surface area contributed by atoms with Crippen molar-refractivity contribution in [1.29, 1.82) is 0 Å². The van der Waals surface area contributed by atoms with E-state index in [4.69, 9.17) is 10.2 Å². The summed E-state index contributed by atoms with van der Waals surface area (Å²) in [6, 6.07) is 9.97. The number of nitrogens with zero attached hydrogens (tertiary/aromatic N) is 2. The molecule has 0 saturated carbocycles. The predicted molar refractivity (Wildman–Crippen MR) is 76.8 cm³/mol. The summed E-state index contributed by atoms with van der Waals surface area (Å²) < 4.78 is 1.88. The van der Waals surface area contributed by atoms with Crippen LogP contribution in [0, 0.1) is 6.92 Å². The van der Waals surface area contributed by atoms with Gasteiger partial charge in [-0.05, 0) is 19.1 Å². The van der Waals surface area contributed by atoms with Crippen molar-refractivity contribution in [2.75, 3.05) is 26.1 Å². The van der Waals surface area contributed by atoms with Crippen molar-refractivity contribution in [3.8, 4) is 5.69 Å². The van der Waals surface area contributed by atoms with E-state index in [1.165, 1.54) is 0 Å². The first kappa shape index (κ1) is 15.2. The normalized spacial score (nSPS) is 9.74. The zero-order valence-corrected chi connectivity index (χ0v) is 11.6. The molecule has 0 amide bonds. The van der Waals surface area contributed by atoms with E-state index in [0.717, 1.165) is 29.9 Å². The molecule has 0 fully saturated rings. The van der Waals surface area contributed by atoms with Gasteiger partial charge < -0.3 is 15.5 Å². The van der Waals surface area contributed by atoms with Crippen LogP contribution in [-0.4, -0.2) is 40.8 Å². The molecule has 1 aromatic heterocycles. The van der Waals surface area contributed by atoms with E-state index in [2.05, 4.69) is 10.4 Å². The highest BCUT2D eigenvalue weighted by Gasteiger charge is 2.13. The van der Waals surface area contributed by atoms with Crippen molar-refractivity contribution in [3.05, 3.63) is 41.6 Å². The van der Waals surface area contributed by atoms with Gasteiger partial charge in [0, 0.05) is 32.7 Å². The molecular weight excluding hydrogens is 242 g/mol. The Labute approximate surface area is 113 Å². The number of hydrogen-bond acceptors (Lipinski definition) is 4. The first-order chi connectivity index (χ1) is 9.27. The van der Waals surface area contributed by atoms with E-state index in [0.29, 0.717) is 6.42 Å². The van der Waals surface area contributed by atoms with Crippen molar-refractivity contribution in [3.63, 3.8) is 0 Å². The van der Waals surface area contributed by atoms with Gasteiger partial charge in [-0.15, -0.1) is 0 Å². The third kappa shape index (κ3) is 3.33. The molecule has 0 radical (unpaired) electrons. The van der Waals surface area contributed by atoms with E-state index < -0.39 is 0 Å². The minimum absolute atomic E-state index is 0.121. The second-order valence-corrected chi connectivity index (χ2v) is 3.89. The van der Waals surface area contributed by atoms with E-state index in [1.807, 2.05) is 49.0 Å². The summed E-state index contributed by atoms with van der Waals surface area (Å²) in [6.45, 7) is 2.14. The monoisotopic (exact) mass is 263 g/mol. The van der Waals surface area contributed by atoms with Crippen LogP contribution in [0.3, 0.4) is 0 Å². The van der Waals surface area contributed by atoms with Crippen LogP contribution in [0.5, 0.6) is 0 Å². The maximum atomic E-state index is 9.02. The number of hydrogen-bond donors (Lipinski definition) is 3. The molecule has 5 nitrogen and oxygen atoms in total. The van der Waals surface area contributed by atoms with Crippen LogP contribution >= 0.6 is 0 Å². The summed E-state index contributed by atoms with van der Waals surface area (Å²) in [5, 5.41) is 23.7. The van der Waals surface area contributed by atoms with Gasteiger partial charge in [-0.1, -0.05) is 18.2 Å². The Morgan fingerprint density at radius 3 is 2.37 bits per heavy atom. The van der Waals surface area contributed by atoms with E-state index in [9.17, 15) is 0 Å². The molecule has 3 N–H and O–H groups in total. The third-order valence-corrected chi connectivity index (χ3v) is 2.81. The molecule has 2 aromatic rings. The van der Waals surface area contributed by atoms with Gasteiger partial charge in [-0.25, -0.2) is 4.68 Å². The molecule has 104 valence electrons. The average Bonchev–Trinajstić information content (AvgIpc) is 2.79. The Bertz CT molecular complexity index is 495. The number of benzene rings is 1. The fraction of sp³-hybridized carbons (Fsp3) is 0.357. The van der Waals surface area contributed by atoms with Crippen molar-refractivity contribution < 1.29 is 10.2 Å². The van der Waals surface area contributed by atoms with Crippen LogP contribution in [0.4, 0.5) is 5.82 Å². The Hall–Kier alpha value is -1.85. The van der Waals surface area contributed by atoms with Gasteiger partial charge in [0.05, 0.1) is 11.4 Å². The van der Waals surface area contributed by atoms with E-state index in [-0.39, 0.29) is 6.61 Å². The van der Waals surface area contributed by atoms with Crippen LogP contribution in [-0.2, 0) is 6.42 Å². The van der Waals surface area contributed by atoms with Crippen LogP contribution in [0.1, 0.15) is 11.3 Å². The van der Waals surface area contributed by atoms with E-state index in [1.54, 1.807) is 0 Å². The minimum Gasteiger partial charge on any atom is -0.400 e. The second kappa shape index (κ2) is 7.56. The molecule has 0 bridgehead atoms. The average molecular weight is 263 g/mol. The lowest BCUT2D eigenvalue weighted by molar-refractivity contribution is 0.297. The zero-order chi connectivity index (χ0) is 14.3. The van der Waals surface area contributed by atoms with Crippen LogP contribution in [0.15, 0.2) is 30.3 Å². The van der Waals surface area contributed by atoms with Gasteiger partial charge in [0.25, 0.3) is 0 Å². The summed E-state index contributed by atoms with van der Waals surface area (Å²) >= 11 is 0. The SMILES string of the molecule is CNc1c(C)c(CCO)nn1-c1ccccc1.CO. The molecular formula is C14H21N3O2. The Kier molecular flexibility index (Phi) is 6.05. The zero-order valence-electron chi connectivity index (χ0n) is 11.6. The predicted octanol–water partition coefficient (Wildman–Crippen LogP) is 1.37. The molecule has 0 atom stereocenters. The number of aliphatic hydroxyl groups is 2. The molecule has 1 aromatic carbocycles. The molecule has 19 heavy (non-hydrogen) atoms. The molecule has 5 heteroatoms. The van der Waals surface area contributed by atoms with Gasteiger partial charge in [0.15, 0.2) is 0 Å². The molecule has 1 heterocycles. The van der Waals surface area contributed by atoms with Gasteiger partial charge in [0.1, 0.15) is 5.82 Å². The molecule has 0 aliphatic carbocycles. The quantitative estimate of drug-likeness (QED) is 0.779. The highest BCUT2D eigenvalue weighted by atomic mass is 16.3. The lowest BCUT2D eigenvalue weighted by atomic mass is 10.2. The highest BCUT2D eigenvalue weighted by molar-refractivity contribution is 5.52. The lowest BCUT2D eigenvalue weighted by Gasteiger charge is -2.06. The highest BCUT2D eigenvalue weighted by Crippen LogP contribution is 2.22. The first-order valence-corrected chi connectivity index (χ1v) is 6.15. The summed E-state index contributed by atoms with van der Waals surface area (Å²) in [4.78, 5) is 0. The van der Waals surface area contributed by atoms with Crippen molar-refractivity contribution in [2.24, 2.45) is 0 Å². The number of nitrogens with one attached hydrogen (secondary N) is 1. The number of rotatable bonds is 4. The lowest BCUT2D eigenvalue weighted by Crippen LogP contribution is -2.02. The smallest absolute Gasteiger partial charge is 0.132 e. The van der Waals surface area contributed by atoms with Crippen LogP contribution in [0.25, 0.3) is 5.69 Å². The molecule has 2 rings (SSSR count). The Balaban J connectivity index is 0.000000861. The maximum Gasteiger partial charge on any atom is 0.132 e. The summed E-state index contributed by atoms with van der Waals surface area (Å²) in [5.41, 5.74) is 3.04. The van der Waals surface area contributed by atoms with Crippen LogP contribution < -0.4 is 5.32 Å². The minimum atomic E-state index is 0.121. The largest absolute Gasteiger partial charge is 0.400 e. The van der Waals surface area contributed by atoms with E-state index >= 15 is 0 Å². The van der Waals surface area contributed by atoms with Crippen molar-refractivity contribution in [1.82, 2.24) is 9.78 Å². The third-order valence-electron chi connectivity index (χ3n) is 2.81. The molecule has 0 aliphatic heterocycles. The molecule has 0 aliphatic rings. The fourth-order valence-corrected chi connectivity index (χ4v) is 1.93. The van der Waals surface area contributed by atoms with Gasteiger partial charge in [0.2, 0.25) is 0 Å². The maximum absolute atomic E-state index is 9.02. The summed E-state index contributed by atoms with van der Waals surface area (Å²) in [6.07, 6.45) is 0.584. The number of aromatic nitrogens is 2. The van der Waals surface area contributed by atoms with Gasteiger partial charge in [-0.3, -0.25) is 0 Å². The second-order valence-electron chi connectivity index (χ2n) is 3.89. The molecule has 0 saturated heterocycles. The first-order valence-electron chi connectivity index (χ1n) is 6.15. The van der Waals surface area contributed by atoms with Crippen molar-refractivity contribution in [2.45, 2.75) is 13.3 Å². The summed E-state index contributed by atoms with van der Waals surface area (Å²) in [5.74, 6) is 0.972.